The Balaban J connectivity index is 2.31. The first-order valence-electron chi connectivity index (χ1n) is 6.70. The third kappa shape index (κ3) is 2.37. The molecule has 0 saturated heterocycles. The van der Waals surface area contributed by atoms with Crippen molar-refractivity contribution < 1.29 is 5.11 Å². The molecule has 0 radical (unpaired) electrons. The standard InChI is InChI=1S/C14H23BrN2O/c1-9-5-6-10(12(18)7-9)14(2,3)13-11(15)8-16-17(13)4/h8-10,12,18H,5-7H2,1-4H3. The number of hydrogen-bond donors (Lipinski definition) is 1. The first-order chi connectivity index (χ1) is 8.34. The van der Waals surface area contributed by atoms with Crippen molar-refractivity contribution in [3.8, 4) is 0 Å². The Morgan fingerprint density at radius 1 is 1.44 bits per heavy atom. The number of aryl methyl sites for hydroxylation is 1. The van der Waals surface area contributed by atoms with Gasteiger partial charge in [0.2, 0.25) is 0 Å². The Morgan fingerprint density at radius 2 is 2.11 bits per heavy atom. The SMILES string of the molecule is CC1CCC(C(C)(C)c2c(Br)cnn2C)C(O)C1. The van der Waals surface area contributed by atoms with Crippen LogP contribution in [0.1, 0.15) is 45.7 Å². The minimum Gasteiger partial charge on any atom is -0.393 e. The van der Waals surface area contributed by atoms with E-state index in [9.17, 15) is 5.11 Å². The number of aliphatic hydroxyl groups excluding tert-OH is 1. The zero-order valence-electron chi connectivity index (χ0n) is 11.7. The fourth-order valence-electron chi connectivity index (χ4n) is 3.50. The molecule has 18 heavy (non-hydrogen) atoms. The fraction of sp³-hybridized carbons (Fsp3) is 0.786. The molecule has 1 saturated carbocycles. The van der Waals surface area contributed by atoms with Crippen LogP contribution < -0.4 is 0 Å². The predicted octanol–water partition coefficient (Wildman–Crippen LogP) is 3.26. The number of aromatic nitrogens is 2. The number of hydrogen-bond acceptors (Lipinski definition) is 2. The molecule has 1 aliphatic rings. The third-order valence-electron chi connectivity index (χ3n) is 4.51. The molecule has 1 fully saturated rings. The molecule has 2 rings (SSSR count). The maximum Gasteiger partial charge on any atom is 0.0635 e. The number of halogens is 1. The molecule has 0 spiro atoms. The predicted molar refractivity (Wildman–Crippen MR) is 76.4 cm³/mol. The average molecular weight is 315 g/mol. The van der Waals surface area contributed by atoms with Crippen molar-refractivity contribution in [1.29, 1.82) is 0 Å². The van der Waals surface area contributed by atoms with Crippen LogP contribution >= 0.6 is 15.9 Å². The maximum atomic E-state index is 10.4. The van der Waals surface area contributed by atoms with Gasteiger partial charge < -0.3 is 5.11 Å². The molecule has 3 atom stereocenters. The van der Waals surface area contributed by atoms with Gasteiger partial charge in [-0.15, -0.1) is 0 Å². The van der Waals surface area contributed by atoms with Crippen LogP contribution in [0.4, 0.5) is 0 Å². The van der Waals surface area contributed by atoms with Crippen molar-refractivity contribution in [2.75, 3.05) is 0 Å². The second-order valence-electron chi connectivity index (χ2n) is 6.28. The molecular formula is C14H23BrN2O. The summed E-state index contributed by atoms with van der Waals surface area (Å²) in [5.74, 6) is 0.947. The molecule has 3 unspecified atom stereocenters. The van der Waals surface area contributed by atoms with Gasteiger partial charge in [0.1, 0.15) is 0 Å². The number of nitrogens with zero attached hydrogens (tertiary/aromatic N) is 2. The summed E-state index contributed by atoms with van der Waals surface area (Å²) in [5.41, 5.74) is 1.12. The van der Waals surface area contributed by atoms with Crippen LogP contribution in [0.3, 0.4) is 0 Å². The molecule has 0 aromatic carbocycles. The van der Waals surface area contributed by atoms with Gasteiger partial charge in [-0.05, 0) is 40.6 Å². The number of aliphatic hydroxyl groups is 1. The van der Waals surface area contributed by atoms with Crippen molar-refractivity contribution in [1.82, 2.24) is 9.78 Å². The first-order valence-corrected chi connectivity index (χ1v) is 7.49. The summed E-state index contributed by atoms with van der Waals surface area (Å²) in [6.07, 6.45) is 4.86. The van der Waals surface area contributed by atoms with Gasteiger partial charge in [0, 0.05) is 12.5 Å². The Bertz CT molecular complexity index is 408. The fourth-order valence-corrected chi connectivity index (χ4v) is 4.36. The molecular weight excluding hydrogens is 292 g/mol. The molecule has 1 heterocycles. The van der Waals surface area contributed by atoms with Crippen LogP contribution in [-0.2, 0) is 12.5 Å². The quantitative estimate of drug-likeness (QED) is 0.910. The summed E-state index contributed by atoms with van der Waals surface area (Å²) in [7, 11) is 1.97. The summed E-state index contributed by atoms with van der Waals surface area (Å²) in [6.45, 7) is 6.67. The van der Waals surface area contributed by atoms with Gasteiger partial charge in [0.15, 0.2) is 0 Å². The molecule has 102 valence electrons. The van der Waals surface area contributed by atoms with Crippen molar-refractivity contribution >= 4 is 15.9 Å². The Labute approximate surface area is 118 Å². The van der Waals surface area contributed by atoms with Crippen molar-refractivity contribution in [3.05, 3.63) is 16.4 Å². The maximum absolute atomic E-state index is 10.4. The highest BCUT2D eigenvalue weighted by Crippen LogP contribution is 2.44. The molecule has 1 aromatic rings. The van der Waals surface area contributed by atoms with E-state index >= 15 is 0 Å². The van der Waals surface area contributed by atoms with Crippen LogP contribution in [0, 0.1) is 11.8 Å². The van der Waals surface area contributed by atoms with Crippen molar-refractivity contribution in [3.63, 3.8) is 0 Å². The zero-order valence-corrected chi connectivity index (χ0v) is 13.2. The van der Waals surface area contributed by atoms with E-state index < -0.39 is 0 Å². The molecule has 0 amide bonds. The molecule has 1 aliphatic carbocycles. The highest BCUT2D eigenvalue weighted by atomic mass is 79.9. The van der Waals surface area contributed by atoms with Gasteiger partial charge >= 0.3 is 0 Å². The lowest BCUT2D eigenvalue weighted by atomic mass is 9.66. The lowest BCUT2D eigenvalue weighted by molar-refractivity contribution is 0.0121. The zero-order chi connectivity index (χ0) is 13.5. The van der Waals surface area contributed by atoms with Crippen LogP contribution in [-0.4, -0.2) is 21.0 Å². The third-order valence-corrected chi connectivity index (χ3v) is 5.09. The molecule has 1 aromatic heterocycles. The minimum absolute atomic E-state index is 0.0658. The molecule has 0 aliphatic heterocycles. The summed E-state index contributed by atoms with van der Waals surface area (Å²) < 4.78 is 2.97. The van der Waals surface area contributed by atoms with Gasteiger partial charge in [-0.2, -0.15) is 5.10 Å². The van der Waals surface area contributed by atoms with E-state index in [1.165, 1.54) is 12.1 Å². The molecule has 3 nitrogen and oxygen atoms in total. The number of rotatable bonds is 2. The highest BCUT2D eigenvalue weighted by Gasteiger charge is 2.41. The molecule has 4 heteroatoms. The van der Waals surface area contributed by atoms with Crippen LogP contribution in [0.15, 0.2) is 10.7 Å². The summed E-state index contributed by atoms with van der Waals surface area (Å²) >= 11 is 3.59. The second kappa shape index (κ2) is 4.97. The van der Waals surface area contributed by atoms with E-state index in [0.29, 0.717) is 11.8 Å². The van der Waals surface area contributed by atoms with Crippen LogP contribution in [0.5, 0.6) is 0 Å². The Hall–Kier alpha value is -0.350. The lowest BCUT2D eigenvalue weighted by Crippen LogP contribution is -2.42. The second-order valence-corrected chi connectivity index (χ2v) is 7.13. The molecule has 0 bridgehead atoms. The minimum atomic E-state index is -0.203. The van der Waals surface area contributed by atoms with Gasteiger partial charge in [0.05, 0.1) is 22.5 Å². The van der Waals surface area contributed by atoms with Crippen LogP contribution in [0.25, 0.3) is 0 Å². The Kier molecular flexibility index (Phi) is 3.88. The van der Waals surface area contributed by atoms with E-state index in [0.717, 1.165) is 17.3 Å². The average Bonchev–Trinajstić information content (AvgIpc) is 2.58. The molecule has 1 N–H and O–H groups in total. The first kappa shape index (κ1) is 14.1. The van der Waals surface area contributed by atoms with Gasteiger partial charge in [-0.25, -0.2) is 0 Å². The summed E-state index contributed by atoms with van der Waals surface area (Å²) in [6, 6.07) is 0. The van der Waals surface area contributed by atoms with Crippen LogP contribution in [0.2, 0.25) is 0 Å². The summed E-state index contributed by atoms with van der Waals surface area (Å²) in [4.78, 5) is 0. The monoisotopic (exact) mass is 314 g/mol. The lowest BCUT2D eigenvalue weighted by Gasteiger charge is -2.42. The highest BCUT2D eigenvalue weighted by molar-refractivity contribution is 9.10. The van der Waals surface area contributed by atoms with E-state index in [4.69, 9.17) is 0 Å². The van der Waals surface area contributed by atoms with E-state index in [-0.39, 0.29) is 11.5 Å². The smallest absolute Gasteiger partial charge is 0.0635 e. The Morgan fingerprint density at radius 3 is 2.61 bits per heavy atom. The van der Waals surface area contributed by atoms with Gasteiger partial charge in [0.25, 0.3) is 0 Å². The van der Waals surface area contributed by atoms with Gasteiger partial charge in [-0.1, -0.05) is 27.2 Å². The van der Waals surface area contributed by atoms with E-state index in [1.54, 1.807) is 0 Å². The van der Waals surface area contributed by atoms with Crippen molar-refractivity contribution in [2.24, 2.45) is 18.9 Å². The largest absolute Gasteiger partial charge is 0.393 e. The van der Waals surface area contributed by atoms with E-state index in [2.05, 4.69) is 41.8 Å². The van der Waals surface area contributed by atoms with Crippen molar-refractivity contribution in [2.45, 2.75) is 51.6 Å². The van der Waals surface area contributed by atoms with Gasteiger partial charge in [-0.3, -0.25) is 4.68 Å². The normalized spacial score (nSPS) is 29.6. The van der Waals surface area contributed by atoms with E-state index in [1.807, 2.05) is 17.9 Å². The topological polar surface area (TPSA) is 38.0 Å². The summed E-state index contributed by atoms with van der Waals surface area (Å²) in [5, 5.41) is 14.7.